The van der Waals surface area contributed by atoms with E-state index < -0.39 is 18.1 Å². The molecular weight excluding hydrogens is 431 g/mol. The van der Waals surface area contributed by atoms with Crippen LogP contribution >= 0.6 is 35.2 Å². The van der Waals surface area contributed by atoms with Gasteiger partial charge in [0.15, 0.2) is 0 Å². The minimum absolute atomic E-state index is 0.0506. The molecule has 2 aliphatic rings. The quantitative estimate of drug-likeness (QED) is 0.180. The molecule has 0 aromatic rings. The molecule has 0 heterocycles. The molecule has 162 valence electrons. The van der Waals surface area contributed by atoms with Crippen LogP contribution in [0.25, 0.3) is 0 Å². The molecule has 8 nitrogen and oxygen atoms in total. The Kier molecular flexibility index (Phi) is 10.1. The molecular formula is C17H28Cl2N2O6S. The maximum Gasteiger partial charge on any atom is 0.307 e. The number of rotatable bonds is 9. The largest absolute Gasteiger partial charge is 0.466 e. The zero-order chi connectivity index (χ0) is 20.7. The summed E-state index contributed by atoms with van der Waals surface area (Å²) in [6, 6.07) is -1.23. The van der Waals surface area contributed by atoms with Gasteiger partial charge in [-0.15, -0.1) is 23.2 Å². The van der Waals surface area contributed by atoms with Gasteiger partial charge in [0.25, 0.3) is 0 Å². The van der Waals surface area contributed by atoms with Gasteiger partial charge in [0.1, 0.15) is 0 Å². The van der Waals surface area contributed by atoms with Crippen molar-refractivity contribution in [3.05, 3.63) is 10.1 Å². The van der Waals surface area contributed by atoms with E-state index in [2.05, 4.69) is 0 Å². The van der Waals surface area contributed by atoms with Gasteiger partial charge in [-0.1, -0.05) is 5.23 Å². The number of carbonyl (C=O) groups excluding carboxylic acids is 1. The third-order valence-electron chi connectivity index (χ3n) is 5.29. The number of esters is 1. The SMILES string of the molecule is CCOC(=O)CC(C1CC(Cl)CC(Cl)C1)N(O)OSC1CCCC([N+](=O)[O-])C1. The molecule has 0 amide bonds. The van der Waals surface area contributed by atoms with Crippen LogP contribution in [0, 0.1) is 16.0 Å². The summed E-state index contributed by atoms with van der Waals surface area (Å²) in [7, 11) is 0. The van der Waals surface area contributed by atoms with E-state index in [0.29, 0.717) is 37.3 Å². The molecule has 28 heavy (non-hydrogen) atoms. The van der Waals surface area contributed by atoms with Crippen LogP contribution in [-0.4, -0.2) is 56.0 Å². The molecule has 0 spiro atoms. The van der Waals surface area contributed by atoms with Gasteiger partial charge in [-0.25, -0.2) is 4.28 Å². The average molecular weight is 459 g/mol. The smallest absolute Gasteiger partial charge is 0.307 e. The number of hydrogen-bond acceptors (Lipinski definition) is 8. The average Bonchev–Trinajstić information content (AvgIpc) is 2.63. The van der Waals surface area contributed by atoms with Crippen molar-refractivity contribution in [1.29, 1.82) is 0 Å². The second kappa shape index (κ2) is 11.8. The molecule has 0 aromatic heterocycles. The molecule has 2 fully saturated rings. The van der Waals surface area contributed by atoms with Crippen molar-refractivity contribution in [3.63, 3.8) is 0 Å². The van der Waals surface area contributed by atoms with Crippen LogP contribution in [0.15, 0.2) is 0 Å². The number of nitro groups is 1. The highest BCUT2D eigenvalue weighted by Crippen LogP contribution is 2.37. The van der Waals surface area contributed by atoms with Crippen molar-refractivity contribution in [1.82, 2.24) is 5.23 Å². The van der Waals surface area contributed by atoms with Gasteiger partial charge in [0.2, 0.25) is 6.04 Å². The first-order valence-electron chi connectivity index (χ1n) is 9.68. The van der Waals surface area contributed by atoms with Crippen LogP contribution in [0.4, 0.5) is 0 Å². The maximum atomic E-state index is 12.0. The van der Waals surface area contributed by atoms with E-state index in [-0.39, 0.29) is 39.9 Å². The lowest BCUT2D eigenvalue weighted by Crippen LogP contribution is -2.43. The Morgan fingerprint density at radius 2 is 1.96 bits per heavy atom. The second-order valence-corrected chi connectivity index (χ2v) is 9.68. The standard InChI is InChI=1S/C17H28Cl2N2O6S/c1-2-26-17(22)10-16(11-6-12(18)8-13(19)7-11)21(25)27-28-15-5-3-4-14(9-15)20(23)24/h11-16,25H,2-10H2,1H3. The Hall–Kier alpha value is -0.320. The fourth-order valence-corrected chi connectivity index (χ4v) is 5.78. The number of carbonyl (C=O) groups is 1. The van der Waals surface area contributed by atoms with Gasteiger partial charge in [-0.2, -0.15) is 0 Å². The van der Waals surface area contributed by atoms with E-state index in [9.17, 15) is 20.1 Å². The van der Waals surface area contributed by atoms with E-state index >= 15 is 0 Å². The zero-order valence-corrected chi connectivity index (χ0v) is 18.2. The van der Waals surface area contributed by atoms with Crippen molar-refractivity contribution >= 4 is 41.2 Å². The van der Waals surface area contributed by atoms with Crippen molar-refractivity contribution in [3.8, 4) is 0 Å². The van der Waals surface area contributed by atoms with Crippen molar-refractivity contribution in [2.45, 2.75) is 86.4 Å². The normalized spacial score (nSPS) is 32.1. The molecule has 2 rings (SSSR count). The number of alkyl halides is 2. The lowest BCUT2D eigenvalue weighted by atomic mass is 9.82. The van der Waals surface area contributed by atoms with Crippen molar-refractivity contribution in [2.75, 3.05) is 6.61 Å². The summed E-state index contributed by atoms with van der Waals surface area (Å²) in [5, 5.41) is 21.9. The Labute approximate surface area is 179 Å². The van der Waals surface area contributed by atoms with Gasteiger partial charge in [-0.05, 0) is 44.9 Å². The third kappa shape index (κ3) is 7.50. The third-order valence-corrected chi connectivity index (χ3v) is 6.94. The lowest BCUT2D eigenvalue weighted by Gasteiger charge is -2.37. The molecule has 2 saturated carbocycles. The Bertz CT molecular complexity index is 522. The fourth-order valence-electron chi connectivity index (χ4n) is 3.91. The molecule has 5 atom stereocenters. The van der Waals surface area contributed by atoms with Gasteiger partial charge >= 0.3 is 5.97 Å². The summed E-state index contributed by atoms with van der Waals surface area (Å²) in [5.41, 5.74) is 0. The highest BCUT2D eigenvalue weighted by Gasteiger charge is 2.38. The molecule has 5 unspecified atom stereocenters. The summed E-state index contributed by atoms with van der Waals surface area (Å²) < 4.78 is 10.5. The number of hydroxylamine groups is 2. The molecule has 1 N–H and O–H groups in total. The predicted octanol–water partition coefficient (Wildman–Crippen LogP) is 4.18. The second-order valence-electron chi connectivity index (χ2n) is 7.44. The van der Waals surface area contributed by atoms with Crippen LogP contribution in [-0.2, 0) is 13.8 Å². The van der Waals surface area contributed by atoms with Gasteiger partial charge in [-0.3, -0.25) is 20.1 Å². The minimum Gasteiger partial charge on any atom is -0.466 e. The Morgan fingerprint density at radius 3 is 2.57 bits per heavy atom. The highest BCUT2D eigenvalue weighted by atomic mass is 35.5. The zero-order valence-electron chi connectivity index (χ0n) is 15.9. The van der Waals surface area contributed by atoms with Gasteiger partial charge < -0.3 is 4.74 Å². The summed E-state index contributed by atoms with van der Waals surface area (Å²) >= 11 is 13.6. The first-order chi connectivity index (χ1) is 13.3. The monoisotopic (exact) mass is 458 g/mol. The lowest BCUT2D eigenvalue weighted by molar-refractivity contribution is -0.526. The predicted molar refractivity (Wildman–Crippen MR) is 107 cm³/mol. The molecule has 2 aliphatic carbocycles. The minimum atomic E-state index is -0.649. The number of nitrogens with zero attached hydrogens (tertiary/aromatic N) is 2. The number of hydrogen-bond donors (Lipinski definition) is 1. The van der Waals surface area contributed by atoms with Crippen molar-refractivity contribution in [2.24, 2.45) is 5.92 Å². The van der Waals surface area contributed by atoms with Crippen LogP contribution in [0.2, 0.25) is 0 Å². The summed E-state index contributed by atoms with van der Waals surface area (Å²) in [6.07, 6.45) is 4.32. The van der Waals surface area contributed by atoms with Crippen LogP contribution in [0.5, 0.6) is 0 Å². The molecule has 0 aromatic carbocycles. The first-order valence-corrected chi connectivity index (χ1v) is 11.4. The van der Waals surface area contributed by atoms with Crippen LogP contribution in [0.3, 0.4) is 0 Å². The molecule has 0 saturated heterocycles. The topological polar surface area (TPSA) is 102 Å². The van der Waals surface area contributed by atoms with Gasteiger partial charge in [0.05, 0.1) is 19.1 Å². The fraction of sp³-hybridized carbons (Fsp3) is 0.941. The molecule has 11 heteroatoms. The number of halogens is 2. The summed E-state index contributed by atoms with van der Waals surface area (Å²) in [4.78, 5) is 22.8. The van der Waals surface area contributed by atoms with E-state index in [1.54, 1.807) is 6.92 Å². The van der Waals surface area contributed by atoms with Crippen LogP contribution < -0.4 is 0 Å². The van der Waals surface area contributed by atoms with E-state index in [1.165, 1.54) is 0 Å². The number of ether oxygens (including phenoxy) is 1. The Balaban J connectivity index is 1.96. The van der Waals surface area contributed by atoms with Crippen LogP contribution in [0.1, 0.15) is 58.3 Å². The molecule has 0 bridgehead atoms. The summed E-state index contributed by atoms with van der Waals surface area (Å²) in [6.45, 7) is 1.97. The Morgan fingerprint density at radius 1 is 1.29 bits per heavy atom. The molecule has 0 aliphatic heterocycles. The molecule has 0 radical (unpaired) electrons. The maximum absolute atomic E-state index is 12.0. The summed E-state index contributed by atoms with van der Waals surface area (Å²) in [5.74, 6) is -0.569. The van der Waals surface area contributed by atoms with E-state index in [0.717, 1.165) is 24.9 Å². The van der Waals surface area contributed by atoms with Crippen molar-refractivity contribution < 1.29 is 23.9 Å². The first kappa shape index (κ1) is 24.0. The van der Waals surface area contributed by atoms with Gasteiger partial charge in [0, 0.05) is 45.8 Å². The highest BCUT2D eigenvalue weighted by molar-refractivity contribution is 7.95. The van der Waals surface area contributed by atoms with E-state index in [1.807, 2.05) is 0 Å². The van der Waals surface area contributed by atoms with E-state index in [4.69, 9.17) is 32.2 Å².